The first kappa shape index (κ1) is 17.7. The van der Waals surface area contributed by atoms with Gasteiger partial charge in [-0.05, 0) is 36.6 Å². The second-order valence-electron chi connectivity index (χ2n) is 6.11. The second-order valence-corrected chi connectivity index (χ2v) is 6.11. The molecule has 136 valence electrons. The van der Waals surface area contributed by atoms with E-state index in [1.165, 1.54) is 24.7 Å². The molecular formula is C18H18N2O6. The smallest absolute Gasteiger partial charge is 0.309 e. The lowest BCUT2D eigenvalue weighted by atomic mass is 9.96. The van der Waals surface area contributed by atoms with Gasteiger partial charge in [-0.3, -0.25) is 19.7 Å². The van der Waals surface area contributed by atoms with Gasteiger partial charge in [-0.2, -0.15) is 0 Å². The fourth-order valence-electron chi connectivity index (χ4n) is 2.87. The van der Waals surface area contributed by atoms with E-state index in [2.05, 4.69) is 0 Å². The third kappa shape index (κ3) is 4.08. The minimum atomic E-state index is -0.478. The van der Waals surface area contributed by atoms with Crippen LogP contribution in [0.2, 0.25) is 0 Å². The molecule has 1 aliphatic heterocycles. The van der Waals surface area contributed by atoms with Crippen molar-refractivity contribution in [2.24, 2.45) is 5.92 Å². The number of nitro benzene ring substituents is 1. The van der Waals surface area contributed by atoms with E-state index in [0.717, 1.165) is 0 Å². The summed E-state index contributed by atoms with van der Waals surface area (Å²) in [7, 11) is 0. The molecule has 8 nitrogen and oxygen atoms in total. The van der Waals surface area contributed by atoms with Crippen molar-refractivity contribution in [3.63, 3.8) is 0 Å². The lowest BCUT2D eigenvalue weighted by Crippen LogP contribution is -2.40. The van der Waals surface area contributed by atoms with Crippen LogP contribution in [0.25, 0.3) is 0 Å². The van der Waals surface area contributed by atoms with Gasteiger partial charge < -0.3 is 14.1 Å². The Morgan fingerprint density at radius 1 is 1.19 bits per heavy atom. The molecular weight excluding hydrogens is 340 g/mol. The van der Waals surface area contributed by atoms with Crippen molar-refractivity contribution < 1.29 is 23.7 Å². The standard InChI is InChI=1S/C18H18N2O6/c21-17(15-7-10-25-12-15)19-8-5-14(6-9-19)18(22)26-11-13-1-3-16(4-2-13)20(23)24/h1-4,7,10,12,14H,5-6,8-9,11H2. The predicted octanol–water partition coefficient (Wildman–Crippen LogP) is 2.78. The maximum Gasteiger partial charge on any atom is 0.309 e. The highest BCUT2D eigenvalue weighted by Crippen LogP contribution is 2.21. The summed E-state index contributed by atoms with van der Waals surface area (Å²) in [5, 5.41) is 10.6. The molecule has 0 saturated carbocycles. The van der Waals surface area contributed by atoms with Crippen molar-refractivity contribution in [2.45, 2.75) is 19.4 Å². The molecule has 1 amide bonds. The van der Waals surface area contributed by atoms with E-state index in [1.54, 1.807) is 23.1 Å². The Bertz CT molecular complexity index is 777. The number of rotatable bonds is 5. The molecule has 8 heteroatoms. The van der Waals surface area contributed by atoms with Crippen molar-refractivity contribution in [3.05, 3.63) is 64.1 Å². The number of likely N-dealkylation sites (tertiary alicyclic amines) is 1. The zero-order valence-corrected chi connectivity index (χ0v) is 14.0. The van der Waals surface area contributed by atoms with Gasteiger partial charge in [-0.15, -0.1) is 0 Å². The van der Waals surface area contributed by atoms with Crippen LogP contribution in [0.5, 0.6) is 0 Å². The number of non-ortho nitro benzene ring substituents is 1. The summed E-state index contributed by atoms with van der Waals surface area (Å²) < 4.78 is 10.2. The maximum atomic E-state index is 12.2. The van der Waals surface area contributed by atoms with E-state index in [1.807, 2.05) is 0 Å². The molecule has 1 aromatic carbocycles. The monoisotopic (exact) mass is 358 g/mol. The van der Waals surface area contributed by atoms with Crippen molar-refractivity contribution in [1.29, 1.82) is 0 Å². The number of esters is 1. The van der Waals surface area contributed by atoms with Crippen LogP contribution < -0.4 is 0 Å². The van der Waals surface area contributed by atoms with Crippen LogP contribution in [0.3, 0.4) is 0 Å². The Morgan fingerprint density at radius 2 is 1.88 bits per heavy atom. The Labute approximate surface area is 149 Å². The third-order valence-electron chi connectivity index (χ3n) is 4.41. The molecule has 0 radical (unpaired) electrons. The van der Waals surface area contributed by atoms with E-state index < -0.39 is 4.92 Å². The van der Waals surface area contributed by atoms with Gasteiger partial charge in [0.1, 0.15) is 12.9 Å². The Morgan fingerprint density at radius 3 is 2.46 bits per heavy atom. The maximum absolute atomic E-state index is 12.2. The first-order valence-electron chi connectivity index (χ1n) is 8.26. The molecule has 2 aromatic rings. The van der Waals surface area contributed by atoms with E-state index in [-0.39, 0.29) is 30.1 Å². The quantitative estimate of drug-likeness (QED) is 0.462. The Hall–Kier alpha value is -3.16. The number of hydrogen-bond donors (Lipinski definition) is 0. The first-order chi connectivity index (χ1) is 12.5. The van der Waals surface area contributed by atoms with Crippen LogP contribution in [0.4, 0.5) is 5.69 Å². The number of piperidine rings is 1. The topological polar surface area (TPSA) is 103 Å². The van der Waals surface area contributed by atoms with Crippen LogP contribution in [-0.4, -0.2) is 34.8 Å². The Kier molecular flexibility index (Phi) is 5.31. The number of amides is 1. The zero-order valence-electron chi connectivity index (χ0n) is 14.0. The number of carbonyl (C=O) groups is 2. The SMILES string of the molecule is O=C(OCc1ccc([N+](=O)[O-])cc1)C1CCN(C(=O)c2ccoc2)CC1. The van der Waals surface area contributed by atoms with Crippen LogP contribution in [0, 0.1) is 16.0 Å². The van der Waals surface area contributed by atoms with Crippen molar-refractivity contribution >= 4 is 17.6 Å². The first-order valence-corrected chi connectivity index (χ1v) is 8.26. The highest BCUT2D eigenvalue weighted by atomic mass is 16.6. The summed E-state index contributed by atoms with van der Waals surface area (Å²) >= 11 is 0. The molecule has 1 aromatic heterocycles. The van der Waals surface area contributed by atoms with Gasteiger partial charge in [-0.25, -0.2) is 0 Å². The van der Waals surface area contributed by atoms with Crippen molar-refractivity contribution in [1.82, 2.24) is 4.90 Å². The molecule has 0 N–H and O–H groups in total. The molecule has 0 atom stereocenters. The third-order valence-corrected chi connectivity index (χ3v) is 4.41. The van der Waals surface area contributed by atoms with Gasteiger partial charge >= 0.3 is 5.97 Å². The molecule has 0 aliphatic carbocycles. The summed E-state index contributed by atoms with van der Waals surface area (Å²) in [6.07, 6.45) is 3.95. The minimum absolute atomic E-state index is 0.00487. The fourth-order valence-corrected chi connectivity index (χ4v) is 2.87. The van der Waals surface area contributed by atoms with Crippen LogP contribution in [0.1, 0.15) is 28.8 Å². The molecule has 3 rings (SSSR count). The Balaban J connectivity index is 1.46. The highest BCUT2D eigenvalue weighted by molar-refractivity contribution is 5.94. The number of furan rings is 1. The van der Waals surface area contributed by atoms with Crippen molar-refractivity contribution in [3.8, 4) is 0 Å². The number of carbonyl (C=O) groups excluding carboxylic acids is 2. The number of hydrogen-bond acceptors (Lipinski definition) is 6. The van der Waals surface area contributed by atoms with Gasteiger partial charge in [0.2, 0.25) is 0 Å². The lowest BCUT2D eigenvalue weighted by Gasteiger charge is -2.30. The van der Waals surface area contributed by atoms with E-state index in [0.29, 0.717) is 37.1 Å². The van der Waals surface area contributed by atoms with Gasteiger partial charge in [0.15, 0.2) is 0 Å². The second kappa shape index (κ2) is 7.81. The molecule has 2 heterocycles. The van der Waals surface area contributed by atoms with Gasteiger partial charge in [0, 0.05) is 25.2 Å². The lowest BCUT2D eigenvalue weighted by molar-refractivity contribution is -0.384. The summed E-state index contributed by atoms with van der Waals surface area (Å²) in [4.78, 5) is 36.3. The molecule has 1 aliphatic rings. The van der Waals surface area contributed by atoms with Crippen molar-refractivity contribution in [2.75, 3.05) is 13.1 Å². The highest BCUT2D eigenvalue weighted by Gasteiger charge is 2.29. The molecule has 1 saturated heterocycles. The molecule has 0 unspecified atom stereocenters. The van der Waals surface area contributed by atoms with Crippen LogP contribution in [0.15, 0.2) is 47.3 Å². The van der Waals surface area contributed by atoms with Gasteiger partial charge in [0.05, 0.1) is 22.7 Å². The molecule has 0 spiro atoms. The molecule has 0 bridgehead atoms. The summed E-state index contributed by atoms with van der Waals surface area (Å²) in [5.74, 6) is -0.656. The van der Waals surface area contributed by atoms with E-state index >= 15 is 0 Å². The molecule has 26 heavy (non-hydrogen) atoms. The largest absolute Gasteiger partial charge is 0.472 e. The average Bonchev–Trinajstić information content (AvgIpc) is 3.20. The normalized spacial score (nSPS) is 14.8. The van der Waals surface area contributed by atoms with E-state index in [9.17, 15) is 19.7 Å². The number of nitro groups is 1. The van der Waals surface area contributed by atoms with E-state index in [4.69, 9.17) is 9.15 Å². The zero-order chi connectivity index (χ0) is 18.5. The molecule has 1 fully saturated rings. The van der Waals surface area contributed by atoms with Crippen LogP contribution >= 0.6 is 0 Å². The number of benzene rings is 1. The fraction of sp³-hybridized carbons (Fsp3) is 0.333. The summed E-state index contributed by atoms with van der Waals surface area (Å²) in [5.41, 5.74) is 1.19. The summed E-state index contributed by atoms with van der Waals surface area (Å²) in [6, 6.07) is 7.51. The average molecular weight is 358 g/mol. The predicted molar refractivity (Wildman–Crippen MR) is 90.2 cm³/mol. The number of nitrogens with zero attached hydrogens (tertiary/aromatic N) is 2. The van der Waals surface area contributed by atoms with Crippen LogP contribution in [-0.2, 0) is 16.1 Å². The van der Waals surface area contributed by atoms with Gasteiger partial charge in [0.25, 0.3) is 11.6 Å². The van der Waals surface area contributed by atoms with Gasteiger partial charge in [-0.1, -0.05) is 0 Å². The minimum Gasteiger partial charge on any atom is -0.472 e. The summed E-state index contributed by atoms with van der Waals surface area (Å²) in [6.45, 7) is 1.05. The number of ether oxygens (including phenoxy) is 1.